The summed E-state index contributed by atoms with van der Waals surface area (Å²) in [5, 5.41) is 15.8. The third kappa shape index (κ3) is 3.21. The maximum Gasteiger partial charge on any atom is 0.427 e. The zero-order valence-corrected chi connectivity index (χ0v) is 17.8. The van der Waals surface area contributed by atoms with Crippen molar-refractivity contribution in [2.75, 3.05) is 7.11 Å². The van der Waals surface area contributed by atoms with Crippen molar-refractivity contribution in [3.63, 3.8) is 0 Å². The van der Waals surface area contributed by atoms with Gasteiger partial charge in [-0.15, -0.1) is 0 Å². The number of hydrogen-bond donors (Lipinski definition) is 1. The number of rotatable bonds is 4. The van der Waals surface area contributed by atoms with Gasteiger partial charge < -0.3 is 9.84 Å². The molecule has 0 bridgehead atoms. The lowest BCUT2D eigenvalue weighted by atomic mass is 9.84. The van der Waals surface area contributed by atoms with Crippen LogP contribution in [0, 0.1) is 5.82 Å². The number of para-hydroxylation sites is 1. The summed E-state index contributed by atoms with van der Waals surface area (Å²) in [7, 11) is 1.51. The van der Waals surface area contributed by atoms with Gasteiger partial charge in [0, 0.05) is 16.3 Å². The fourth-order valence-electron chi connectivity index (χ4n) is 4.25. The fraction of sp³-hybridized carbons (Fsp3) is 0.115. The van der Waals surface area contributed by atoms with Gasteiger partial charge in [0.15, 0.2) is 0 Å². The Labute approximate surface area is 191 Å². The highest BCUT2D eigenvalue weighted by molar-refractivity contribution is 5.90. The second-order valence-electron chi connectivity index (χ2n) is 7.82. The number of aliphatic hydroxyl groups is 1. The highest BCUT2D eigenvalue weighted by Crippen LogP contribution is 2.48. The fourth-order valence-corrected chi connectivity index (χ4v) is 4.25. The first-order valence-electron chi connectivity index (χ1n) is 10.3. The summed E-state index contributed by atoms with van der Waals surface area (Å²) in [5.41, 5.74) is -3.74. The normalized spacial score (nSPS) is 13.8. The Balaban J connectivity index is 1.84. The summed E-state index contributed by atoms with van der Waals surface area (Å²) in [4.78, 5) is 0. The maximum atomic E-state index is 14.7. The average molecular weight is 466 g/mol. The molecular formula is C26H18F4N2O2. The van der Waals surface area contributed by atoms with Crippen molar-refractivity contribution in [1.82, 2.24) is 9.78 Å². The molecule has 0 spiro atoms. The molecule has 0 fully saturated rings. The summed E-state index contributed by atoms with van der Waals surface area (Å²) in [5.74, 6) is -0.109. The van der Waals surface area contributed by atoms with Crippen LogP contribution in [0.15, 0.2) is 84.9 Å². The molecule has 4 nitrogen and oxygen atoms in total. The molecule has 172 valence electrons. The van der Waals surface area contributed by atoms with Crippen molar-refractivity contribution in [1.29, 1.82) is 0 Å². The van der Waals surface area contributed by atoms with E-state index in [1.807, 2.05) is 0 Å². The van der Waals surface area contributed by atoms with E-state index in [0.717, 1.165) is 12.1 Å². The van der Waals surface area contributed by atoms with Crippen molar-refractivity contribution in [3.05, 3.63) is 102 Å². The SMILES string of the molecule is COc1ccc(-n2nc(C(O)(c3ccc(F)c4ccccc34)C(F)(F)F)c3ccccc32)cc1. The number of alkyl halides is 3. The minimum absolute atomic E-state index is 0.0263. The molecule has 1 aromatic heterocycles. The Hall–Kier alpha value is -3.91. The Bertz CT molecular complexity index is 1510. The Morgan fingerprint density at radius 3 is 2.06 bits per heavy atom. The number of aromatic nitrogens is 2. The van der Waals surface area contributed by atoms with Gasteiger partial charge in [-0.2, -0.15) is 18.3 Å². The third-order valence-electron chi connectivity index (χ3n) is 5.92. The van der Waals surface area contributed by atoms with Gasteiger partial charge in [0.25, 0.3) is 0 Å². The zero-order valence-electron chi connectivity index (χ0n) is 17.8. The molecule has 0 radical (unpaired) electrons. The van der Waals surface area contributed by atoms with Crippen LogP contribution in [0.2, 0.25) is 0 Å². The molecule has 0 saturated heterocycles. The summed E-state index contributed by atoms with van der Waals surface area (Å²) in [6, 6.07) is 20.6. The lowest BCUT2D eigenvalue weighted by molar-refractivity contribution is -0.248. The van der Waals surface area contributed by atoms with Crippen LogP contribution in [-0.4, -0.2) is 28.2 Å². The van der Waals surface area contributed by atoms with Gasteiger partial charge in [-0.1, -0.05) is 48.5 Å². The Kier molecular flexibility index (Phi) is 5.06. The molecule has 8 heteroatoms. The van der Waals surface area contributed by atoms with E-state index in [0.29, 0.717) is 17.0 Å². The standard InChI is InChI=1S/C26H18F4N2O2/c1-34-17-12-10-16(11-13-17)32-23-9-5-4-8-20(23)24(31-32)25(33,26(28,29)30)21-14-15-22(27)19-7-3-2-6-18(19)21/h2-15,33H,1H3. The predicted molar refractivity (Wildman–Crippen MR) is 121 cm³/mol. The topological polar surface area (TPSA) is 47.3 Å². The first-order valence-corrected chi connectivity index (χ1v) is 10.3. The number of nitrogens with zero attached hydrogens (tertiary/aromatic N) is 2. The molecule has 5 aromatic rings. The van der Waals surface area contributed by atoms with Crippen molar-refractivity contribution in [2.24, 2.45) is 0 Å². The molecule has 4 aromatic carbocycles. The summed E-state index contributed by atoms with van der Waals surface area (Å²) >= 11 is 0. The highest BCUT2D eigenvalue weighted by atomic mass is 19.4. The van der Waals surface area contributed by atoms with Crippen LogP contribution in [-0.2, 0) is 5.60 Å². The third-order valence-corrected chi connectivity index (χ3v) is 5.92. The molecule has 34 heavy (non-hydrogen) atoms. The van der Waals surface area contributed by atoms with Crippen LogP contribution < -0.4 is 4.74 Å². The van der Waals surface area contributed by atoms with Crippen LogP contribution in [0.1, 0.15) is 11.3 Å². The van der Waals surface area contributed by atoms with E-state index >= 15 is 0 Å². The second-order valence-corrected chi connectivity index (χ2v) is 7.82. The van der Waals surface area contributed by atoms with Crippen LogP contribution in [0.5, 0.6) is 5.75 Å². The van der Waals surface area contributed by atoms with E-state index < -0.39 is 28.9 Å². The van der Waals surface area contributed by atoms with Gasteiger partial charge in [0.2, 0.25) is 5.60 Å². The lowest BCUT2D eigenvalue weighted by Gasteiger charge is -2.31. The molecule has 5 rings (SSSR count). The number of methoxy groups -OCH3 is 1. The summed E-state index contributed by atoms with van der Waals surface area (Å²) in [6.07, 6.45) is -5.16. The van der Waals surface area contributed by atoms with Crippen LogP contribution in [0.4, 0.5) is 17.6 Å². The van der Waals surface area contributed by atoms with Gasteiger partial charge in [-0.3, -0.25) is 0 Å². The summed E-state index contributed by atoms with van der Waals surface area (Å²) in [6.45, 7) is 0. The largest absolute Gasteiger partial charge is 0.497 e. The average Bonchev–Trinajstić information content (AvgIpc) is 3.23. The van der Waals surface area contributed by atoms with Crippen molar-refractivity contribution < 1.29 is 27.4 Å². The second kappa shape index (κ2) is 7.85. The van der Waals surface area contributed by atoms with Crippen LogP contribution in [0.25, 0.3) is 27.4 Å². The van der Waals surface area contributed by atoms with E-state index in [1.165, 1.54) is 42.1 Å². The zero-order chi connectivity index (χ0) is 24.1. The van der Waals surface area contributed by atoms with Crippen molar-refractivity contribution >= 4 is 21.7 Å². The van der Waals surface area contributed by atoms with Crippen molar-refractivity contribution in [3.8, 4) is 11.4 Å². The van der Waals surface area contributed by atoms with E-state index in [-0.39, 0.29) is 16.2 Å². The number of ether oxygens (including phenoxy) is 1. The maximum absolute atomic E-state index is 14.7. The van der Waals surface area contributed by atoms with E-state index in [4.69, 9.17) is 4.74 Å². The first kappa shape index (κ1) is 21.9. The minimum atomic E-state index is -5.16. The highest BCUT2D eigenvalue weighted by Gasteiger charge is 2.59. The molecule has 0 amide bonds. The van der Waals surface area contributed by atoms with Gasteiger partial charge in [0.1, 0.15) is 17.3 Å². The lowest BCUT2D eigenvalue weighted by Crippen LogP contribution is -2.44. The van der Waals surface area contributed by atoms with E-state index in [9.17, 15) is 22.7 Å². The van der Waals surface area contributed by atoms with E-state index in [1.54, 1.807) is 42.5 Å². The molecule has 0 aliphatic heterocycles. The molecule has 1 heterocycles. The molecular weight excluding hydrogens is 448 g/mol. The number of fused-ring (bicyclic) bond motifs is 2. The molecule has 0 aliphatic carbocycles. The van der Waals surface area contributed by atoms with Crippen LogP contribution >= 0.6 is 0 Å². The Morgan fingerprint density at radius 2 is 1.41 bits per heavy atom. The molecule has 1 unspecified atom stereocenters. The molecule has 1 atom stereocenters. The van der Waals surface area contributed by atoms with Crippen molar-refractivity contribution in [2.45, 2.75) is 11.8 Å². The predicted octanol–water partition coefficient (Wildman–Crippen LogP) is 6.12. The minimum Gasteiger partial charge on any atom is -0.497 e. The molecule has 1 N–H and O–H groups in total. The molecule has 0 saturated carbocycles. The van der Waals surface area contributed by atoms with Crippen LogP contribution in [0.3, 0.4) is 0 Å². The van der Waals surface area contributed by atoms with Gasteiger partial charge in [-0.05, 0) is 41.8 Å². The monoisotopic (exact) mass is 466 g/mol. The quantitative estimate of drug-likeness (QED) is 0.325. The number of halogens is 4. The van der Waals surface area contributed by atoms with Gasteiger partial charge >= 0.3 is 6.18 Å². The number of hydrogen-bond acceptors (Lipinski definition) is 3. The smallest absolute Gasteiger partial charge is 0.427 e. The molecule has 0 aliphatic rings. The Morgan fingerprint density at radius 1 is 0.794 bits per heavy atom. The first-order chi connectivity index (χ1) is 16.3. The summed E-state index contributed by atoms with van der Waals surface area (Å²) < 4.78 is 65.1. The number of benzene rings is 4. The van der Waals surface area contributed by atoms with E-state index in [2.05, 4.69) is 5.10 Å². The van der Waals surface area contributed by atoms with Gasteiger partial charge in [0.05, 0.1) is 18.3 Å². The van der Waals surface area contributed by atoms with Gasteiger partial charge in [-0.25, -0.2) is 9.07 Å².